The zero-order valence-electron chi connectivity index (χ0n) is 14.1. The maximum atomic E-state index is 12.0. The molecule has 1 aromatic rings. The minimum Gasteiger partial charge on any atom is -0.392 e. The summed E-state index contributed by atoms with van der Waals surface area (Å²) in [4.78, 5) is 12.0. The van der Waals surface area contributed by atoms with Crippen LogP contribution in [0.5, 0.6) is 0 Å². The molecule has 0 saturated carbocycles. The Morgan fingerprint density at radius 2 is 1.91 bits per heavy atom. The third-order valence-corrected chi connectivity index (χ3v) is 3.77. The Balaban J connectivity index is 2.60. The topological polar surface area (TPSA) is 49.3 Å². The van der Waals surface area contributed by atoms with Crippen molar-refractivity contribution in [3.05, 3.63) is 47.0 Å². The molecule has 0 radical (unpaired) electrons. The van der Waals surface area contributed by atoms with Crippen LogP contribution in [-0.2, 0) is 11.2 Å². The predicted molar refractivity (Wildman–Crippen MR) is 91.7 cm³/mol. The molecular formula is C19H29NO2. The van der Waals surface area contributed by atoms with Crippen LogP contribution in [0.15, 0.2) is 35.9 Å². The number of aliphatic hydroxyl groups excluding tert-OH is 1. The van der Waals surface area contributed by atoms with Gasteiger partial charge in [-0.05, 0) is 42.9 Å². The number of carbonyl (C=O) groups excluding carboxylic acids is 1. The van der Waals surface area contributed by atoms with Crippen molar-refractivity contribution in [2.75, 3.05) is 6.61 Å². The van der Waals surface area contributed by atoms with Gasteiger partial charge in [-0.1, -0.05) is 51.0 Å². The molecule has 0 aromatic heterocycles. The summed E-state index contributed by atoms with van der Waals surface area (Å²) in [5, 5.41) is 12.2. The molecule has 1 atom stereocenters. The van der Waals surface area contributed by atoms with Gasteiger partial charge in [-0.25, -0.2) is 0 Å². The van der Waals surface area contributed by atoms with Crippen LogP contribution in [0.2, 0.25) is 0 Å². The van der Waals surface area contributed by atoms with Gasteiger partial charge in [-0.15, -0.1) is 0 Å². The molecule has 122 valence electrons. The molecule has 0 fully saturated rings. The van der Waals surface area contributed by atoms with Gasteiger partial charge in [0.2, 0.25) is 5.91 Å². The summed E-state index contributed by atoms with van der Waals surface area (Å²) in [6, 6.07) is 8.40. The molecule has 1 aromatic carbocycles. The zero-order valence-corrected chi connectivity index (χ0v) is 14.1. The van der Waals surface area contributed by atoms with Crippen molar-refractivity contribution in [1.82, 2.24) is 5.32 Å². The van der Waals surface area contributed by atoms with Crippen LogP contribution in [-0.4, -0.2) is 17.6 Å². The van der Waals surface area contributed by atoms with Crippen molar-refractivity contribution in [3.63, 3.8) is 0 Å². The summed E-state index contributed by atoms with van der Waals surface area (Å²) in [5.41, 5.74) is 3.22. The lowest BCUT2D eigenvalue weighted by molar-refractivity contribution is -0.117. The molecule has 0 aliphatic carbocycles. The number of carbonyl (C=O) groups is 1. The lowest BCUT2D eigenvalue weighted by Gasteiger charge is -2.14. The molecule has 0 aliphatic heterocycles. The van der Waals surface area contributed by atoms with E-state index < -0.39 is 0 Å². The van der Waals surface area contributed by atoms with Crippen LogP contribution in [0.1, 0.15) is 63.6 Å². The Hall–Kier alpha value is -1.61. The number of amides is 1. The number of unbranched alkanes of at least 4 members (excludes halogenated alkanes) is 1. The number of nitrogens with one attached hydrogen (secondary N) is 1. The summed E-state index contributed by atoms with van der Waals surface area (Å²) in [6.07, 6.45) is 6.72. The second kappa shape index (κ2) is 10.2. The van der Waals surface area contributed by atoms with Gasteiger partial charge in [-0.3, -0.25) is 4.79 Å². The molecule has 0 saturated heterocycles. The molecule has 22 heavy (non-hydrogen) atoms. The quantitative estimate of drug-likeness (QED) is 0.679. The van der Waals surface area contributed by atoms with Gasteiger partial charge in [0.25, 0.3) is 0 Å². The Morgan fingerprint density at radius 1 is 1.23 bits per heavy atom. The van der Waals surface area contributed by atoms with E-state index in [-0.39, 0.29) is 18.6 Å². The van der Waals surface area contributed by atoms with Crippen molar-refractivity contribution in [2.24, 2.45) is 0 Å². The number of aliphatic hydroxyl groups is 1. The molecule has 0 spiro atoms. The predicted octanol–water partition coefficient (Wildman–Crippen LogP) is 3.93. The van der Waals surface area contributed by atoms with E-state index in [9.17, 15) is 9.90 Å². The lowest BCUT2D eigenvalue weighted by Crippen LogP contribution is -2.25. The van der Waals surface area contributed by atoms with Crippen LogP contribution in [0.4, 0.5) is 0 Å². The second-order valence-corrected chi connectivity index (χ2v) is 5.79. The summed E-state index contributed by atoms with van der Waals surface area (Å²) in [7, 11) is 0. The minimum atomic E-state index is -0.139. The molecule has 1 amide bonds. The fourth-order valence-electron chi connectivity index (χ4n) is 2.40. The van der Waals surface area contributed by atoms with Gasteiger partial charge in [0, 0.05) is 6.08 Å². The van der Waals surface area contributed by atoms with E-state index >= 15 is 0 Å². The Labute approximate surface area is 134 Å². The van der Waals surface area contributed by atoms with E-state index in [1.54, 1.807) is 0 Å². The largest absolute Gasteiger partial charge is 0.392 e. The van der Waals surface area contributed by atoms with Crippen LogP contribution >= 0.6 is 0 Å². The van der Waals surface area contributed by atoms with E-state index in [2.05, 4.69) is 36.5 Å². The maximum Gasteiger partial charge on any atom is 0.244 e. The minimum absolute atomic E-state index is 0.0365. The van der Waals surface area contributed by atoms with Crippen LogP contribution < -0.4 is 5.32 Å². The summed E-state index contributed by atoms with van der Waals surface area (Å²) < 4.78 is 0. The van der Waals surface area contributed by atoms with Crippen molar-refractivity contribution in [3.8, 4) is 0 Å². The third-order valence-electron chi connectivity index (χ3n) is 3.77. The van der Waals surface area contributed by atoms with Crippen LogP contribution in [0.3, 0.4) is 0 Å². The van der Waals surface area contributed by atoms with Gasteiger partial charge in [0.15, 0.2) is 0 Å². The molecule has 0 bridgehead atoms. The van der Waals surface area contributed by atoms with Gasteiger partial charge in [0.05, 0.1) is 12.6 Å². The Morgan fingerprint density at radius 3 is 2.45 bits per heavy atom. The highest BCUT2D eigenvalue weighted by molar-refractivity contribution is 5.88. The maximum absolute atomic E-state index is 12.0. The van der Waals surface area contributed by atoms with E-state index in [4.69, 9.17) is 0 Å². The highest BCUT2D eigenvalue weighted by atomic mass is 16.3. The standard InChI is InChI=1S/C19H29NO2/c1-4-6-8-16-9-11-18(12-10-16)15(3)20-19(22)13-17(14-21)7-5-2/h9-13,15,21H,4-8,14H2,1-3H3,(H,20,22). The molecule has 0 heterocycles. The molecule has 0 aliphatic rings. The summed E-state index contributed by atoms with van der Waals surface area (Å²) >= 11 is 0. The highest BCUT2D eigenvalue weighted by Gasteiger charge is 2.08. The van der Waals surface area contributed by atoms with E-state index in [0.717, 1.165) is 30.4 Å². The second-order valence-electron chi connectivity index (χ2n) is 5.79. The van der Waals surface area contributed by atoms with E-state index in [1.165, 1.54) is 24.5 Å². The monoisotopic (exact) mass is 303 g/mol. The average Bonchev–Trinajstić information content (AvgIpc) is 2.52. The number of hydrogen-bond donors (Lipinski definition) is 2. The number of hydrogen-bond acceptors (Lipinski definition) is 2. The van der Waals surface area contributed by atoms with Crippen molar-refractivity contribution in [1.29, 1.82) is 0 Å². The first-order chi connectivity index (χ1) is 10.6. The summed E-state index contributed by atoms with van der Waals surface area (Å²) in [6.45, 7) is 6.15. The normalized spacial score (nSPS) is 13.0. The molecule has 3 nitrogen and oxygen atoms in total. The number of rotatable bonds is 9. The molecule has 3 heteroatoms. The smallest absolute Gasteiger partial charge is 0.244 e. The third kappa shape index (κ3) is 6.44. The first kappa shape index (κ1) is 18.4. The SMILES string of the molecule is CCCCc1ccc(C(C)NC(=O)C=C(CO)CCC)cc1. The lowest BCUT2D eigenvalue weighted by atomic mass is 10.0. The van der Waals surface area contributed by atoms with Crippen LogP contribution in [0, 0.1) is 0 Å². The Bertz CT molecular complexity index is 477. The fraction of sp³-hybridized carbons (Fsp3) is 0.526. The average molecular weight is 303 g/mol. The zero-order chi connectivity index (χ0) is 16.4. The first-order valence-electron chi connectivity index (χ1n) is 8.30. The van der Waals surface area contributed by atoms with Crippen molar-refractivity contribution in [2.45, 2.75) is 58.9 Å². The highest BCUT2D eigenvalue weighted by Crippen LogP contribution is 2.15. The number of aryl methyl sites for hydroxylation is 1. The molecular weight excluding hydrogens is 274 g/mol. The Kier molecular flexibility index (Phi) is 8.53. The van der Waals surface area contributed by atoms with Gasteiger partial charge in [-0.2, -0.15) is 0 Å². The fourth-order valence-corrected chi connectivity index (χ4v) is 2.40. The van der Waals surface area contributed by atoms with Gasteiger partial charge >= 0.3 is 0 Å². The van der Waals surface area contributed by atoms with Crippen LogP contribution in [0.25, 0.3) is 0 Å². The number of benzene rings is 1. The summed E-state index contributed by atoms with van der Waals surface area (Å²) in [5.74, 6) is -0.139. The van der Waals surface area contributed by atoms with Gasteiger partial charge < -0.3 is 10.4 Å². The van der Waals surface area contributed by atoms with Gasteiger partial charge in [0.1, 0.15) is 0 Å². The molecule has 1 rings (SSSR count). The van der Waals surface area contributed by atoms with Crippen molar-refractivity contribution >= 4 is 5.91 Å². The van der Waals surface area contributed by atoms with E-state index in [0.29, 0.717) is 0 Å². The van der Waals surface area contributed by atoms with E-state index in [1.807, 2.05) is 13.8 Å². The van der Waals surface area contributed by atoms with Crippen molar-refractivity contribution < 1.29 is 9.90 Å². The molecule has 1 unspecified atom stereocenters. The first-order valence-corrected chi connectivity index (χ1v) is 8.30. The molecule has 2 N–H and O–H groups in total.